The highest BCUT2D eigenvalue weighted by Crippen LogP contribution is 2.43. The molecule has 2 rings (SSSR count). The van der Waals surface area contributed by atoms with Gasteiger partial charge in [0.2, 0.25) is 10.0 Å². The second-order valence-corrected chi connectivity index (χ2v) is 9.56. The van der Waals surface area contributed by atoms with Gasteiger partial charge in [0.1, 0.15) is 0 Å². The summed E-state index contributed by atoms with van der Waals surface area (Å²) in [5.74, 6) is 0.948. The van der Waals surface area contributed by atoms with Gasteiger partial charge in [-0.15, -0.1) is 0 Å². The first-order valence-electron chi connectivity index (χ1n) is 9.95. The molecule has 0 unspecified atom stereocenters. The van der Waals surface area contributed by atoms with Gasteiger partial charge in [-0.2, -0.15) is 0 Å². The lowest BCUT2D eigenvalue weighted by molar-refractivity contribution is 0.253. The average molecular weight is 395 g/mol. The predicted octanol–water partition coefficient (Wildman–Crippen LogP) is 2.33. The van der Waals surface area contributed by atoms with Crippen LogP contribution in [0.15, 0.2) is 35.3 Å². The Labute approximate surface area is 164 Å². The molecule has 1 aliphatic carbocycles. The van der Waals surface area contributed by atoms with E-state index in [9.17, 15) is 8.42 Å². The topological polar surface area (TPSA) is 73.8 Å². The highest BCUT2D eigenvalue weighted by atomic mass is 32.2. The maximum absolute atomic E-state index is 11.8. The molecule has 0 spiro atoms. The molecular weight excluding hydrogens is 360 g/mol. The first-order valence-corrected chi connectivity index (χ1v) is 11.6. The van der Waals surface area contributed by atoms with Gasteiger partial charge in [-0.3, -0.25) is 4.99 Å². The summed E-state index contributed by atoms with van der Waals surface area (Å²) >= 11 is 0. The summed E-state index contributed by atoms with van der Waals surface area (Å²) in [6, 6.07) is 10.7. The van der Waals surface area contributed by atoms with Crippen molar-refractivity contribution < 1.29 is 8.42 Å². The molecule has 1 fully saturated rings. The number of aliphatic imine (C=N–C) groups is 1. The smallest absolute Gasteiger partial charge is 0.213 e. The minimum absolute atomic E-state index is 0.141. The molecule has 0 amide bonds. The Morgan fingerprint density at radius 1 is 1.19 bits per heavy atom. The molecule has 1 aromatic carbocycles. The summed E-state index contributed by atoms with van der Waals surface area (Å²) in [5, 5.41) is 6.63. The van der Waals surface area contributed by atoms with Crippen LogP contribution >= 0.6 is 0 Å². The lowest BCUT2D eigenvalue weighted by Gasteiger charge is -2.41. The van der Waals surface area contributed by atoms with Crippen molar-refractivity contribution in [1.29, 1.82) is 0 Å². The Morgan fingerprint density at radius 2 is 1.89 bits per heavy atom. The van der Waals surface area contributed by atoms with Gasteiger partial charge in [-0.1, -0.05) is 36.8 Å². The molecule has 0 radical (unpaired) electrons. The van der Waals surface area contributed by atoms with Crippen LogP contribution in [0, 0.1) is 0 Å². The molecule has 0 atom stereocenters. The van der Waals surface area contributed by atoms with Crippen molar-refractivity contribution in [3.05, 3.63) is 35.9 Å². The normalized spacial score (nSPS) is 16.8. The fourth-order valence-corrected chi connectivity index (χ4v) is 4.22. The van der Waals surface area contributed by atoms with Crippen LogP contribution in [0.1, 0.15) is 45.1 Å². The SMILES string of the molecule is CCNC(=NCC1(c2ccccc2)CCC1)NCCCN(C)S(=O)(=O)CC. The highest BCUT2D eigenvalue weighted by molar-refractivity contribution is 7.89. The maximum atomic E-state index is 11.8. The molecule has 1 aromatic rings. The lowest BCUT2D eigenvalue weighted by atomic mass is 9.64. The van der Waals surface area contributed by atoms with Crippen LogP contribution in [0.2, 0.25) is 0 Å². The molecule has 0 aliphatic heterocycles. The third-order valence-electron chi connectivity index (χ3n) is 5.36. The van der Waals surface area contributed by atoms with E-state index in [1.807, 2.05) is 0 Å². The molecule has 152 valence electrons. The number of hydrogen-bond donors (Lipinski definition) is 2. The Kier molecular flexibility index (Phi) is 8.10. The van der Waals surface area contributed by atoms with E-state index in [0.29, 0.717) is 13.1 Å². The Hall–Kier alpha value is -1.60. The Bertz CT molecular complexity index is 700. The van der Waals surface area contributed by atoms with E-state index >= 15 is 0 Å². The van der Waals surface area contributed by atoms with Crippen molar-refractivity contribution in [3.63, 3.8) is 0 Å². The zero-order chi connectivity index (χ0) is 19.8. The van der Waals surface area contributed by atoms with Gasteiger partial charge in [0, 0.05) is 32.1 Å². The van der Waals surface area contributed by atoms with E-state index in [2.05, 4.69) is 47.9 Å². The third-order valence-corrected chi connectivity index (χ3v) is 7.22. The maximum Gasteiger partial charge on any atom is 0.213 e. The van der Waals surface area contributed by atoms with Crippen molar-refractivity contribution in [3.8, 4) is 0 Å². The molecule has 2 N–H and O–H groups in total. The van der Waals surface area contributed by atoms with Gasteiger partial charge >= 0.3 is 0 Å². The molecule has 27 heavy (non-hydrogen) atoms. The molecule has 6 nitrogen and oxygen atoms in total. The zero-order valence-corrected chi connectivity index (χ0v) is 17.7. The number of guanidine groups is 1. The van der Waals surface area contributed by atoms with Crippen LogP contribution in [-0.4, -0.2) is 57.7 Å². The van der Waals surface area contributed by atoms with Gasteiger partial charge in [0.05, 0.1) is 12.3 Å². The summed E-state index contributed by atoms with van der Waals surface area (Å²) < 4.78 is 25.0. The first-order chi connectivity index (χ1) is 12.9. The van der Waals surface area contributed by atoms with Crippen molar-refractivity contribution in [2.45, 2.75) is 44.9 Å². The molecule has 0 bridgehead atoms. The molecule has 0 saturated heterocycles. The Balaban J connectivity index is 1.89. The fraction of sp³-hybridized carbons (Fsp3) is 0.650. The molecule has 0 heterocycles. The largest absolute Gasteiger partial charge is 0.357 e. The van der Waals surface area contributed by atoms with E-state index in [0.717, 1.165) is 25.5 Å². The molecule has 1 saturated carbocycles. The van der Waals surface area contributed by atoms with Crippen LogP contribution in [0.3, 0.4) is 0 Å². The van der Waals surface area contributed by atoms with Crippen LogP contribution in [-0.2, 0) is 15.4 Å². The van der Waals surface area contributed by atoms with E-state index < -0.39 is 10.0 Å². The second kappa shape index (κ2) is 10.1. The van der Waals surface area contributed by atoms with Crippen molar-refractivity contribution in [1.82, 2.24) is 14.9 Å². The van der Waals surface area contributed by atoms with Gasteiger partial charge in [0.15, 0.2) is 5.96 Å². The van der Waals surface area contributed by atoms with Crippen LogP contribution in [0.25, 0.3) is 0 Å². The van der Waals surface area contributed by atoms with Crippen LogP contribution in [0.5, 0.6) is 0 Å². The third kappa shape index (κ3) is 5.94. The molecular formula is C20H34N4O2S. The summed E-state index contributed by atoms with van der Waals surface area (Å²) in [6.07, 6.45) is 4.36. The molecule has 0 aromatic heterocycles. The minimum atomic E-state index is -3.11. The average Bonchev–Trinajstić information content (AvgIpc) is 2.64. The van der Waals surface area contributed by atoms with E-state index in [1.54, 1.807) is 14.0 Å². The van der Waals surface area contributed by atoms with Crippen molar-refractivity contribution >= 4 is 16.0 Å². The number of nitrogens with one attached hydrogen (secondary N) is 2. The zero-order valence-electron chi connectivity index (χ0n) is 16.9. The van der Waals surface area contributed by atoms with Gasteiger partial charge in [-0.05, 0) is 38.7 Å². The number of hydrogen-bond acceptors (Lipinski definition) is 3. The van der Waals surface area contributed by atoms with Crippen molar-refractivity contribution in [2.24, 2.45) is 4.99 Å². The standard InChI is InChI=1S/C20H34N4O2S/c1-4-21-19(22-15-10-16-24(3)27(25,26)5-2)23-17-20(13-9-14-20)18-11-7-6-8-12-18/h6-8,11-12H,4-5,9-10,13-17H2,1-3H3,(H2,21,22,23). The summed E-state index contributed by atoms with van der Waals surface area (Å²) in [6.45, 7) is 6.49. The Morgan fingerprint density at radius 3 is 2.44 bits per heavy atom. The van der Waals surface area contributed by atoms with Gasteiger partial charge < -0.3 is 10.6 Å². The second-order valence-electron chi connectivity index (χ2n) is 7.20. The van der Waals surface area contributed by atoms with Gasteiger partial charge in [0.25, 0.3) is 0 Å². The lowest BCUT2D eigenvalue weighted by Crippen LogP contribution is -2.42. The minimum Gasteiger partial charge on any atom is -0.357 e. The number of nitrogens with zero attached hydrogens (tertiary/aromatic N) is 2. The molecule has 7 heteroatoms. The number of benzene rings is 1. The van der Waals surface area contributed by atoms with E-state index in [1.165, 1.54) is 29.1 Å². The quantitative estimate of drug-likeness (QED) is 0.363. The van der Waals surface area contributed by atoms with Gasteiger partial charge in [-0.25, -0.2) is 12.7 Å². The van der Waals surface area contributed by atoms with E-state index in [-0.39, 0.29) is 11.2 Å². The fourth-order valence-electron chi connectivity index (χ4n) is 3.37. The van der Waals surface area contributed by atoms with E-state index in [4.69, 9.17) is 4.99 Å². The molecule has 1 aliphatic rings. The highest BCUT2D eigenvalue weighted by Gasteiger charge is 2.38. The monoisotopic (exact) mass is 394 g/mol. The van der Waals surface area contributed by atoms with Crippen LogP contribution in [0.4, 0.5) is 0 Å². The number of rotatable bonds is 10. The summed E-state index contributed by atoms with van der Waals surface area (Å²) in [4.78, 5) is 4.83. The summed E-state index contributed by atoms with van der Waals surface area (Å²) in [5.41, 5.74) is 1.54. The first kappa shape index (κ1) is 21.7. The summed E-state index contributed by atoms with van der Waals surface area (Å²) in [7, 11) is -1.47. The predicted molar refractivity (Wildman–Crippen MR) is 113 cm³/mol. The van der Waals surface area contributed by atoms with Crippen molar-refractivity contribution in [2.75, 3.05) is 39.0 Å². The number of sulfonamides is 1. The van der Waals surface area contributed by atoms with Crippen LogP contribution < -0.4 is 10.6 Å².